The van der Waals surface area contributed by atoms with Crippen molar-refractivity contribution in [2.75, 3.05) is 24.3 Å². The van der Waals surface area contributed by atoms with Gasteiger partial charge in [0.15, 0.2) is 0 Å². The summed E-state index contributed by atoms with van der Waals surface area (Å²) in [5.41, 5.74) is 1.35. The number of carbonyl (C=O) groups excluding carboxylic acids is 1. The third-order valence-corrected chi connectivity index (χ3v) is 4.51. The van der Waals surface area contributed by atoms with Crippen LogP contribution in [0.3, 0.4) is 0 Å². The van der Waals surface area contributed by atoms with E-state index >= 15 is 0 Å². The first-order valence-electron chi connectivity index (χ1n) is 6.10. The SMILES string of the molecule is CN(C)c1ccccc1NC(=O)c1nc(Cl)c(Cl)c(Cl)c1Cl. The van der Waals surface area contributed by atoms with Crippen molar-refractivity contribution in [3.63, 3.8) is 0 Å². The molecule has 1 amide bonds. The number of anilines is 2. The largest absolute Gasteiger partial charge is 0.376 e. The van der Waals surface area contributed by atoms with Crippen LogP contribution in [0, 0.1) is 0 Å². The number of halogens is 4. The van der Waals surface area contributed by atoms with E-state index in [9.17, 15) is 4.79 Å². The van der Waals surface area contributed by atoms with E-state index in [-0.39, 0.29) is 25.9 Å². The molecule has 2 aromatic rings. The fraction of sp³-hybridized carbons (Fsp3) is 0.143. The molecule has 1 aromatic carbocycles. The van der Waals surface area contributed by atoms with Crippen LogP contribution in [-0.4, -0.2) is 25.0 Å². The summed E-state index contributed by atoms with van der Waals surface area (Å²) in [6.45, 7) is 0. The molecule has 0 spiro atoms. The number of benzene rings is 1. The quantitative estimate of drug-likeness (QED) is 0.763. The molecular formula is C14H11Cl4N3O. The van der Waals surface area contributed by atoms with Gasteiger partial charge in [-0.15, -0.1) is 0 Å². The van der Waals surface area contributed by atoms with Crippen LogP contribution in [0.4, 0.5) is 11.4 Å². The lowest BCUT2D eigenvalue weighted by molar-refractivity contribution is 0.102. The second-order valence-electron chi connectivity index (χ2n) is 4.56. The van der Waals surface area contributed by atoms with Gasteiger partial charge in [0.2, 0.25) is 0 Å². The third-order valence-electron chi connectivity index (χ3n) is 2.83. The molecule has 1 aromatic heterocycles. The Morgan fingerprint density at radius 3 is 2.32 bits per heavy atom. The van der Waals surface area contributed by atoms with Crippen molar-refractivity contribution < 1.29 is 4.79 Å². The van der Waals surface area contributed by atoms with E-state index in [4.69, 9.17) is 46.4 Å². The molecule has 1 heterocycles. The van der Waals surface area contributed by atoms with Crippen LogP contribution in [0.5, 0.6) is 0 Å². The van der Waals surface area contributed by atoms with Crippen LogP contribution in [0.25, 0.3) is 0 Å². The van der Waals surface area contributed by atoms with Gasteiger partial charge in [-0.3, -0.25) is 4.79 Å². The summed E-state index contributed by atoms with van der Waals surface area (Å²) < 4.78 is 0. The molecule has 1 N–H and O–H groups in total. The highest BCUT2D eigenvalue weighted by Gasteiger charge is 2.21. The average Bonchev–Trinajstić information content (AvgIpc) is 2.49. The van der Waals surface area contributed by atoms with Gasteiger partial charge < -0.3 is 10.2 Å². The van der Waals surface area contributed by atoms with Crippen molar-refractivity contribution in [2.24, 2.45) is 0 Å². The molecule has 0 saturated heterocycles. The summed E-state index contributed by atoms with van der Waals surface area (Å²) in [5, 5.41) is 2.62. The van der Waals surface area contributed by atoms with Crippen molar-refractivity contribution in [1.82, 2.24) is 4.98 Å². The Balaban J connectivity index is 2.39. The van der Waals surface area contributed by atoms with Gasteiger partial charge in [0.1, 0.15) is 10.8 Å². The Kier molecular flexibility index (Phi) is 5.40. The Morgan fingerprint density at radius 2 is 1.68 bits per heavy atom. The molecule has 0 atom stereocenters. The van der Waals surface area contributed by atoms with Crippen LogP contribution in [0.2, 0.25) is 20.2 Å². The van der Waals surface area contributed by atoms with Crippen molar-refractivity contribution in [2.45, 2.75) is 0 Å². The lowest BCUT2D eigenvalue weighted by atomic mass is 10.2. The Labute approximate surface area is 147 Å². The summed E-state index contributed by atoms with van der Waals surface area (Å²) in [7, 11) is 3.73. The number of para-hydroxylation sites is 2. The smallest absolute Gasteiger partial charge is 0.275 e. The number of hydrogen-bond acceptors (Lipinski definition) is 3. The monoisotopic (exact) mass is 377 g/mol. The highest BCUT2D eigenvalue weighted by Crippen LogP contribution is 2.36. The fourth-order valence-electron chi connectivity index (χ4n) is 1.79. The van der Waals surface area contributed by atoms with E-state index in [1.807, 2.05) is 31.1 Å². The van der Waals surface area contributed by atoms with Gasteiger partial charge in [0.05, 0.1) is 26.4 Å². The fourth-order valence-corrected chi connectivity index (χ4v) is 2.60. The summed E-state index contributed by atoms with van der Waals surface area (Å²) in [4.78, 5) is 18.2. The topological polar surface area (TPSA) is 45.2 Å². The molecule has 0 aliphatic rings. The van der Waals surface area contributed by atoms with Gasteiger partial charge in [-0.2, -0.15) is 0 Å². The molecule has 0 unspecified atom stereocenters. The highest BCUT2D eigenvalue weighted by molar-refractivity contribution is 6.52. The van der Waals surface area contributed by atoms with Gasteiger partial charge in [-0.1, -0.05) is 58.5 Å². The molecule has 116 valence electrons. The van der Waals surface area contributed by atoms with E-state index in [2.05, 4.69) is 10.3 Å². The maximum atomic E-state index is 12.4. The van der Waals surface area contributed by atoms with Crippen molar-refractivity contribution >= 4 is 63.7 Å². The molecule has 4 nitrogen and oxygen atoms in total. The maximum Gasteiger partial charge on any atom is 0.275 e. The minimum Gasteiger partial charge on any atom is -0.376 e. The minimum absolute atomic E-state index is 0.00521. The molecule has 0 radical (unpaired) electrons. The molecule has 0 aliphatic carbocycles. The Morgan fingerprint density at radius 1 is 1.05 bits per heavy atom. The van der Waals surface area contributed by atoms with Crippen LogP contribution in [-0.2, 0) is 0 Å². The van der Waals surface area contributed by atoms with Crippen LogP contribution in [0.15, 0.2) is 24.3 Å². The van der Waals surface area contributed by atoms with Crippen molar-refractivity contribution in [1.29, 1.82) is 0 Å². The van der Waals surface area contributed by atoms with Gasteiger partial charge in [0.25, 0.3) is 5.91 Å². The van der Waals surface area contributed by atoms with Gasteiger partial charge in [0, 0.05) is 14.1 Å². The normalized spacial score (nSPS) is 10.5. The Hall–Kier alpha value is -1.20. The first-order chi connectivity index (χ1) is 10.3. The van der Waals surface area contributed by atoms with E-state index in [0.29, 0.717) is 5.69 Å². The second-order valence-corrected chi connectivity index (χ2v) is 6.05. The summed E-state index contributed by atoms with van der Waals surface area (Å²) in [6, 6.07) is 7.30. The number of amides is 1. The minimum atomic E-state index is -0.528. The molecule has 0 fully saturated rings. The summed E-state index contributed by atoms with van der Waals surface area (Å²) >= 11 is 23.6. The summed E-state index contributed by atoms with van der Waals surface area (Å²) in [5.74, 6) is -0.528. The number of aromatic nitrogens is 1. The van der Waals surface area contributed by atoms with E-state index in [1.54, 1.807) is 12.1 Å². The van der Waals surface area contributed by atoms with Gasteiger partial charge >= 0.3 is 0 Å². The van der Waals surface area contributed by atoms with Crippen molar-refractivity contribution in [3.05, 3.63) is 50.2 Å². The molecule has 22 heavy (non-hydrogen) atoms. The van der Waals surface area contributed by atoms with Crippen LogP contribution >= 0.6 is 46.4 Å². The number of nitrogens with one attached hydrogen (secondary N) is 1. The van der Waals surface area contributed by atoms with E-state index in [1.165, 1.54) is 0 Å². The number of nitrogens with zero attached hydrogens (tertiary/aromatic N) is 2. The molecule has 0 bridgehead atoms. The standard InChI is InChI=1S/C14H11Cl4N3O/c1-21(2)8-6-4-3-5-7(8)19-14(22)12-10(16)9(15)11(17)13(18)20-12/h3-6H,1-2H3,(H,19,22). The zero-order valence-corrected chi connectivity index (χ0v) is 14.6. The number of rotatable bonds is 3. The lowest BCUT2D eigenvalue weighted by Crippen LogP contribution is -2.18. The molecule has 2 rings (SSSR count). The highest BCUT2D eigenvalue weighted by atomic mass is 35.5. The predicted octanol–water partition coefficient (Wildman–Crippen LogP) is 5.01. The first kappa shape index (κ1) is 17.2. The Bertz CT molecular complexity index is 734. The zero-order valence-electron chi connectivity index (χ0n) is 11.6. The third kappa shape index (κ3) is 3.41. The summed E-state index contributed by atoms with van der Waals surface area (Å²) in [6.07, 6.45) is 0. The lowest BCUT2D eigenvalue weighted by Gasteiger charge is -2.18. The number of carbonyl (C=O) groups is 1. The first-order valence-corrected chi connectivity index (χ1v) is 7.61. The number of hydrogen-bond donors (Lipinski definition) is 1. The average molecular weight is 379 g/mol. The second kappa shape index (κ2) is 6.92. The zero-order chi connectivity index (χ0) is 16.4. The molecule has 0 aliphatic heterocycles. The van der Waals surface area contributed by atoms with Crippen molar-refractivity contribution in [3.8, 4) is 0 Å². The van der Waals surface area contributed by atoms with Gasteiger partial charge in [-0.25, -0.2) is 4.98 Å². The van der Waals surface area contributed by atoms with E-state index in [0.717, 1.165) is 5.69 Å². The molecular weight excluding hydrogens is 368 g/mol. The van der Waals surface area contributed by atoms with Crippen LogP contribution < -0.4 is 10.2 Å². The maximum absolute atomic E-state index is 12.4. The van der Waals surface area contributed by atoms with Gasteiger partial charge in [-0.05, 0) is 12.1 Å². The van der Waals surface area contributed by atoms with Crippen LogP contribution in [0.1, 0.15) is 10.5 Å². The predicted molar refractivity (Wildman–Crippen MR) is 93.0 cm³/mol. The van der Waals surface area contributed by atoms with E-state index < -0.39 is 5.91 Å². The molecule has 8 heteroatoms. The number of pyridine rings is 1. The molecule has 0 saturated carbocycles.